The number of amides is 1. The fourth-order valence-electron chi connectivity index (χ4n) is 2.55. The van der Waals surface area contributed by atoms with E-state index in [-0.39, 0.29) is 17.2 Å². The summed E-state index contributed by atoms with van der Waals surface area (Å²) < 4.78 is 6.69. The fourth-order valence-corrected chi connectivity index (χ4v) is 3.17. The molecule has 1 amide bonds. The topological polar surface area (TPSA) is 85.4 Å². The van der Waals surface area contributed by atoms with E-state index in [4.69, 9.17) is 4.42 Å². The van der Waals surface area contributed by atoms with Gasteiger partial charge in [-0.25, -0.2) is 0 Å². The molecule has 2 aromatic carbocycles. The minimum absolute atomic E-state index is 0.0714. The first-order chi connectivity index (χ1) is 12.4. The van der Waals surface area contributed by atoms with Crippen molar-refractivity contribution in [1.29, 1.82) is 0 Å². The predicted molar refractivity (Wildman–Crippen MR) is 107 cm³/mol. The second-order valence-corrected chi connectivity index (χ2v) is 6.97. The predicted octanol–water partition coefficient (Wildman–Crippen LogP) is 5.33. The number of carbonyl (C=O) groups is 1. The van der Waals surface area contributed by atoms with Gasteiger partial charge in [-0.2, -0.15) is 0 Å². The number of nitrogens with zero attached hydrogens (tertiary/aromatic N) is 1. The first-order valence-electron chi connectivity index (χ1n) is 7.78. The fraction of sp³-hybridized carbons (Fsp3) is 0.105. The van der Waals surface area contributed by atoms with Crippen LogP contribution in [0.1, 0.15) is 21.7 Å². The molecule has 1 heterocycles. The van der Waals surface area contributed by atoms with Gasteiger partial charge in [-0.05, 0) is 77.9 Å². The number of hydrogen-bond donors (Lipinski definition) is 1. The maximum atomic E-state index is 12.5. The Morgan fingerprint density at radius 1 is 1.12 bits per heavy atom. The summed E-state index contributed by atoms with van der Waals surface area (Å²) in [4.78, 5) is 23.2. The lowest BCUT2D eigenvalue weighted by atomic mass is 10.1. The average Bonchev–Trinajstić information content (AvgIpc) is 3.09. The molecule has 0 spiro atoms. The molecule has 7 heteroatoms. The van der Waals surface area contributed by atoms with Gasteiger partial charge in [0.1, 0.15) is 5.76 Å². The van der Waals surface area contributed by atoms with Crippen LogP contribution < -0.4 is 5.32 Å². The third-order valence-electron chi connectivity index (χ3n) is 3.95. The van der Waals surface area contributed by atoms with Crippen LogP contribution in [0.4, 0.5) is 11.4 Å². The van der Waals surface area contributed by atoms with E-state index >= 15 is 0 Å². The van der Waals surface area contributed by atoms with Crippen LogP contribution in [0.15, 0.2) is 52.9 Å². The Morgan fingerprint density at radius 3 is 2.58 bits per heavy atom. The molecular formula is C19H15IN2O4. The van der Waals surface area contributed by atoms with Crippen LogP contribution in [0.3, 0.4) is 0 Å². The van der Waals surface area contributed by atoms with E-state index < -0.39 is 10.8 Å². The summed E-state index contributed by atoms with van der Waals surface area (Å²) in [5, 5.41) is 14.0. The molecular weight excluding hydrogens is 447 g/mol. The molecule has 0 fully saturated rings. The van der Waals surface area contributed by atoms with Crippen molar-refractivity contribution >= 4 is 39.9 Å². The maximum absolute atomic E-state index is 12.5. The molecule has 6 nitrogen and oxygen atoms in total. The van der Waals surface area contributed by atoms with E-state index in [9.17, 15) is 14.9 Å². The zero-order valence-electron chi connectivity index (χ0n) is 14.1. The lowest BCUT2D eigenvalue weighted by molar-refractivity contribution is -0.384. The number of nitro groups is 1. The lowest BCUT2D eigenvalue weighted by Gasteiger charge is -2.09. The normalized spacial score (nSPS) is 10.6. The molecule has 26 heavy (non-hydrogen) atoms. The van der Waals surface area contributed by atoms with Crippen LogP contribution in [0, 0.1) is 27.5 Å². The van der Waals surface area contributed by atoms with Crippen LogP contribution in [0.25, 0.3) is 11.3 Å². The van der Waals surface area contributed by atoms with E-state index in [1.165, 1.54) is 12.1 Å². The summed E-state index contributed by atoms with van der Waals surface area (Å²) in [7, 11) is 0. The van der Waals surface area contributed by atoms with Gasteiger partial charge in [0.15, 0.2) is 5.76 Å². The number of furan rings is 1. The highest BCUT2D eigenvalue weighted by Crippen LogP contribution is 2.31. The van der Waals surface area contributed by atoms with Gasteiger partial charge in [-0.15, -0.1) is 0 Å². The Labute approximate surface area is 163 Å². The Kier molecular flexibility index (Phi) is 5.08. The van der Waals surface area contributed by atoms with Gasteiger partial charge in [0.05, 0.1) is 10.5 Å². The molecule has 132 valence electrons. The smallest absolute Gasteiger partial charge is 0.291 e. The zero-order chi connectivity index (χ0) is 18.8. The second-order valence-electron chi connectivity index (χ2n) is 5.81. The minimum atomic E-state index is -0.477. The SMILES string of the molecule is Cc1cc(NC(=O)c2ccc(-c3ccccc3[N+](=O)[O-])o2)c(C)cc1I. The number of carbonyl (C=O) groups excluding carboxylic acids is 1. The monoisotopic (exact) mass is 462 g/mol. The molecule has 0 saturated carbocycles. The van der Waals surface area contributed by atoms with Crippen LogP contribution in [0.5, 0.6) is 0 Å². The van der Waals surface area contributed by atoms with E-state index in [1.54, 1.807) is 24.3 Å². The highest BCUT2D eigenvalue weighted by atomic mass is 127. The number of nitrogens with one attached hydrogen (secondary N) is 1. The van der Waals surface area contributed by atoms with Crippen molar-refractivity contribution in [1.82, 2.24) is 0 Å². The maximum Gasteiger partial charge on any atom is 0.291 e. The van der Waals surface area contributed by atoms with E-state index in [2.05, 4.69) is 27.9 Å². The van der Waals surface area contributed by atoms with Gasteiger partial charge >= 0.3 is 0 Å². The van der Waals surface area contributed by atoms with Crippen molar-refractivity contribution in [2.24, 2.45) is 0 Å². The van der Waals surface area contributed by atoms with Crippen LogP contribution in [0.2, 0.25) is 0 Å². The Morgan fingerprint density at radius 2 is 1.85 bits per heavy atom. The summed E-state index contributed by atoms with van der Waals surface area (Å²) in [5.41, 5.74) is 2.97. The molecule has 0 bridgehead atoms. The van der Waals surface area contributed by atoms with Crippen molar-refractivity contribution in [2.45, 2.75) is 13.8 Å². The summed E-state index contributed by atoms with van der Waals surface area (Å²) in [6.45, 7) is 3.88. The largest absolute Gasteiger partial charge is 0.451 e. The first kappa shape index (κ1) is 18.1. The number of para-hydroxylation sites is 1. The summed E-state index contributed by atoms with van der Waals surface area (Å²) in [6.07, 6.45) is 0. The molecule has 3 aromatic rings. The highest BCUT2D eigenvalue weighted by molar-refractivity contribution is 14.1. The third kappa shape index (κ3) is 3.62. The molecule has 1 N–H and O–H groups in total. The Hall–Kier alpha value is -2.68. The quantitative estimate of drug-likeness (QED) is 0.323. The molecule has 0 atom stereocenters. The first-order valence-corrected chi connectivity index (χ1v) is 8.86. The standard InChI is InChI=1S/C19H15IN2O4/c1-11-10-15(12(2)9-14(11)20)21-19(23)18-8-7-17(26-18)13-5-3-4-6-16(13)22(24)25/h3-10H,1-2H3,(H,21,23). The van der Waals surface area contributed by atoms with Gasteiger partial charge in [0.25, 0.3) is 11.6 Å². The van der Waals surface area contributed by atoms with Crippen molar-refractivity contribution in [2.75, 3.05) is 5.32 Å². The number of anilines is 1. The van der Waals surface area contributed by atoms with Crippen molar-refractivity contribution in [3.8, 4) is 11.3 Å². The highest BCUT2D eigenvalue weighted by Gasteiger charge is 2.19. The van der Waals surface area contributed by atoms with Gasteiger partial charge < -0.3 is 9.73 Å². The molecule has 1 aromatic heterocycles. The van der Waals surface area contributed by atoms with Gasteiger partial charge in [0, 0.05) is 15.3 Å². The average molecular weight is 462 g/mol. The molecule has 0 aliphatic carbocycles. The number of rotatable bonds is 4. The van der Waals surface area contributed by atoms with Crippen LogP contribution in [-0.2, 0) is 0 Å². The number of benzene rings is 2. The Bertz CT molecular complexity index is 1010. The van der Waals surface area contributed by atoms with Gasteiger partial charge in [-0.3, -0.25) is 14.9 Å². The van der Waals surface area contributed by atoms with Crippen molar-refractivity contribution in [3.63, 3.8) is 0 Å². The van der Waals surface area contributed by atoms with Gasteiger partial charge in [-0.1, -0.05) is 12.1 Å². The minimum Gasteiger partial charge on any atom is -0.451 e. The number of hydrogen-bond acceptors (Lipinski definition) is 4. The second kappa shape index (κ2) is 7.28. The molecule has 0 radical (unpaired) electrons. The molecule has 3 rings (SSSR count). The number of halogens is 1. The number of aryl methyl sites for hydroxylation is 2. The summed E-state index contributed by atoms with van der Waals surface area (Å²) >= 11 is 2.24. The summed E-state index contributed by atoms with van der Waals surface area (Å²) in [6, 6.07) is 13.2. The Balaban J connectivity index is 1.88. The van der Waals surface area contributed by atoms with E-state index in [0.717, 1.165) is 14.7 Å². The third-order valence-corrected chi connectivity index (χ3v) is 5.11. The molecule has 0 unspecified atom stereocenters. The number of nitro benzene ring substituents is 1. The summed E-state index contributed by atoms with van der Waals surface area (Å²) in [5.74, 6) is -0.0368. The zero-order valence-corrected chi connectivity index (χ0v) is 16.2. The lowest BCUT2D eigenvalue weighted by Crippen LogP contribution is -2.12. The van der Waals surface area contributed by atoms with Crippen LogP contribution in [-0.4, -0.2) is 10.8 Å². The van der Waals surface area contributed by atoms with Crippen molar-refractivity contribution in [3.05, 3.63) is 79.1 Å². The van der Waals surface area contributed by atoms with Gasteiger partial charge in [0.2, 0.25) is 0 Å². The van der Waals surface area contributed by atoms with E-state index in [1.807, 2.05) is 26.0 Å². The van der Waals surface area contributed by atoms with E-state index in [0.29, 0.717) is 11.3 Å². The van der Waals surface area contributed by atoms with Crippen LogP contribution >= 0.6 is 22.6 Å². The van der Waals surface area contributed by atoms with Crippen molar-refractivity contribution < 1.29 is 14.1 Å². The molecule has 0 saturated heterocycles. The molecule has 0 aliphatic heterocycles. The molecule has 0 aliphatic rings.